The summed E-state index contributed by atoms with van der Waals surface area (Å²) >= 11 is 0. The van der Waals surface area contributed by atoms with E-state index in [9.17, 15) is 27.9 Å². The quantitative estimate of drug-likeness (QED) is 0.442. The van der Waals surface area contributed by atoms with Gasteiger partial charge in [0.25, 0.3) is 0 Å². The number of aliphatic carboxylic acids is 1. The molecular formula is C21H26F3NO4. The number of likely N-dealkylation sites (tertiary alicyclic amines) is 1. The molecule has 1 unspecified atom stereocenters. The molecule has 1 aliphatic rings. The minimum Gasteiger partial charge on any atom is -0.481 e. The van der Waals surface area contributed by atoms with Crippen molar-refractivity contribution in [1.82, 2.24) is 4.90 Å². The van der Waals surface area contributed by atoms with E-state index in [2.05, 4.69) is 0 Å². The second-order valence-electron chi connectivity index (χ2n) is 7.20. The maximum atomic E-state index is 12.8. The average Bonchev–Trinajstić information content (AvgIpc) is 3.01. The topological polar surface area (TPSA) is 77.8 Å². The first-order chi connectivity index (χ1) is 13.7. The van der Waals surface area contributed by atoms with Gasteiger partial charge in [-0.25, -0.2) is 0 Å². The van der Waals surface area contributed by atoms with Crippen LogP contribution in [0.4, 0.5) is 13.2 Å². The van der Waals surface area contributed by atoms with Crippen molar-refractivity contribution < 1.29 is 33.0 Å². The van der Waals surface area contributed by atoms with Crippen LogP contribution in [0.25, 0.3) is 0 Å². The van der Waals surface area contributed by atoms with Crippen molar-refractivity contribution in [2.24, 2.45) is 0 Å². The van der Waals surface area contributed by atoms with Gasteiger partial charge in [-0.3, -0.25) is 9.59 Å². The van der Waals surface area contributed by atoms with Gasteiger partial charge in [0.15, 0.2) is 0 Å². The van der Waals surface area contributed by atoms with Crippen LogP contribution in [0.5, 0.6) is 0 Å². The largest absolute Gasteiger partial charge is 0.481 e. The molecule has 1 heterocycles. The summed E-state index contributed by atoms with van der Waals surface area (Å²) in [5, 5.41) is 18.9. The number of unbranched alkanes of at least 4 members (excludes halogenated alkanes) is 3. The Balaban J connectivity index is 1.89. The van der Waals surface area contributed by atoms with Crippen LogP contribution >= 0.6 is 0 Å². The molecule has 2 N–H and O–H groups in total. The summed E-state index contributed by atoms with van der Waals surface area (Å²) in [5.41, 5.74) is -0.673. The van der Waals surface area contributed by atoms with Crippen LogP contribution < -0.4 is 0 Å². The molecule has 1 aromatic carbocycles. The number of hydrogen-bond donors (Lipinski definition) is 2. The van der Waals surface area contributed by atoms with E-state index in [1.165, 1.54) is 18.2 Å². The number of aliphatic hydroxyl groups excluding tert-OH is 1. The molecule has 1 saturated heterocycles. The molecule has 0 spiro atoms. The molecule has 8 heteroatoms. The van der Waals surface area contributed by atoms with Gasteiger partial charge in [0.2, 0.25) is 5.91 Å². The van der Waals surface area contributed by atoms with Gasteiger partial charge in [-0.15, -0.1) is 0 Å². The van der Waals surface area contributed by atoms with Crippen molar-refractivity contribution in [3.05, 3.63) is 47.5 Å². The summed E-state index contributed by atoms with van der Waals surface area (Å²) < 4.78 is 38.5. The van der Waals surface area contributed by atoms with E-state index >= 15 is 0 Å². The first-order valence-corrected chi connectivity index (χ1v) is 9.73. The van der Waals surface area contributed by atoms with Crippen LogP contribution in [0, 0.1) is 0 Å². The average molecular weight is 413 g/mol. The number of nitrogens with zero attached hydrogens (tertiary/aromatic N) is 1. The zero-order valence-electron chi connectivity index (χ0n) is 16.1. The highest BCUT2D eigenvalue weighted by Crippen LogP contribution is 2.31. The first kappa shape index (κ1) is 22.9. The van der Waals surface area contributed by atoms with Gasteiger partial charge in [-0.05, 0) is 37.0 Å². The molecule has 0 bridgehead atoms. The zero-order valence-corrected chi connectivity index (χ0v) is 16.1. The molecule has 2 atom stereocenters. The van der Waals surface area contributed by atoms with Crippen LogP contribution in [-0.2, 0) is 15.8 Å². The molecule has 1 aromatic rings. The lowest BCUT2D eigenvalue weighted by molar-refractivity contribution is -0.138. The molecule has 160 valence electrons. The number of carbonyl (C=O) groups is 2. The molecule has 29 heavy (non-hydrogen) atoms. The van der Waals surface area contributed by atoms with E-state index in [0.717, 1.165) is 31.4 Å². The fourth-order valence-electron chi connectivity index (χ4n) is 3.40. The molecular weight excluding hydrogens is 387 g/mol. The van der Waals surface area contributed by atoms with Crippen LogP contribution in [0.3, 0.4) is 0 Å². The van der Waals surface area contributed by atoms with Crippen molar-refractivity contribution in [1.29, 1.82) is 0 Å². The van der Waals surface area contributed by atoms with E-state index in [-0.39, 0.29) is 23.9 Å². The highest BCUT2D eigenvalue weighted by atomic mass is 19.4. The molecule has 0 aromatic heterocycles. The lowest BCUT2D eigenvalue weighted by Crippen LogP contribution is -2.32. The lowest BCUT2D eigenvalue weighted by Gasteiger charge is -2.22. The summed E-state index contributed by atoms with van der Waals surface area (Å²) in [6, 6.07) is 4.36. The Bertz CT molecular complexity index is 733. The maximum absolute atomic E-state index is 12.8. The maximum Gasteiger partial charge on any atom is 0.416 e. The van der Waals surface area contributed by atoms with E-state index in [1.54, 1.807) is 11.0 Å². The number of amides is 1. The van der Waals surface area contributed by atoms with Crippen LogP contribution in [0.1, 0.15) is 62.2 Å². The third-order valence-corrected chi connectivity index (χ3v) is 4.99. The molecule has 2 rings (SSSR count). The second-order valence-corrected chi connectivity index (χ2v) is 7.20. The van der Waals surface area contributed by atoms with Crippen molar-refractivity contribution >= 4 is 11.9 Å². The van der Waals surface area contributed by atoms with Gasteiger partial charge >= 0.3 is 12.1 Å². The molecule has 0 radical (unpaired) electrons. The first-order valence-electron chi connectivity index (χ1n) is 9.73. The summed E-state index contributed by atoms with van der Waals surface area (Å²) in [4.78, 5) is 24.3. The number of halogens is 3. The second kappa shape index (κ2) is 10.4. The third-order valence-electron chi connectivity index (χ3n) is 4.99. The molecule has 0 aliphatic carbocycles. The third kappa shape index (κ3) is 7.20. The SMILES string of the molecule is O=C(O)CCCCCCN1C(=O)CC[C@@H]1C=CC(O)c1cccc(C(F)(F)F)c1. The Labute approximate surface area is 167 Å². The normalized spacial score (nSPS) is 18.6. The summed E-state index contributed by atoms with van der Waals surface area (Å²) in [5.74, 6) is -0.803. The van der Waals surface area contributed by atoms with Gasteiger partial charge in [0.1, 0.15) is 0 Å². The number of carboxylic acid groups (broad SMARTS) is 1. The van der Waals surface area contributed by atoms with E-state index < -0.39 is 23.8 Å². The van der Waals surface area contributed by atoms with E-state index in [1.807, 2.05) is 0 Å². The monoisotopic (exact) mass is 413 g/mol. The number of carboxylic acids is 1. The number of rotatable bonds is 10. The van der Waals surface area contributed by atoms with Crippen molar-refractivity contribution in [2.75, 3.05) is 6.54 Å². The van der Waals surface area contributed by atoms with Crippen LogP contribution in [-0.4, -0.2) is 39.6 Å². The highest BCUT2D eigenvalue weighted by Gasteiger charge is 2.31. The molecule has 0 saturated carbocycles. The summed E-state index contributed by atoms with van der Waals surface area (Å²) in [7, 11) is 0. The number of aliphatic hydroxyl groups is 1. The smallest absolute Gasteiger partial charge is 0.416 e. The zero-order chi connectivity index (χ0) is 21.4. The van der Waals surface area contributed by atoms with Crippen LogP contribution in [0.2, 0.25) is 0 Å². The Morgan fingerprint density at radius 1 is 1.24 bits per heavy atom. The molecule has 1 fully saturated rings. The Morgan fingerprint density at radius 3 is 2.66 bits per heavy atom. The Kier molecular flexibility index (Phi) is 8.25. The Hall–Kier alpha value is -2.35. The predicted molar refractivity (Wildman–Crippen MR) is 101 cm³/mol. The number of benzene rings is 1. The minimum atomic E-state index is -4.47. The minimum absolute atomic E-state index is 0.0127. The van der Waals surface area contributed by atoms with Crippen LogP contribution in [0.15, 0.2) is 36.4 Å². The molecule has 1 amide bonds. The fourth-order valence-corrected chi connectivity index (χ4v) is 3.40. The number of carbonyl (C=O) groups excluding carboxylic acids is 1. The lowest BCUT2D eigenvalue weighted by atomic mass is 10.0. The van der Waals surface area contributed by atoms with Crippen molar-refractivity contribution in [3.63, 3.8) is 0 Å². The standard InChI is InChI=1S/C21H26F3NO4/c22-21(23,24)16-7-5-6-15(14-16)18(26)11-9-17-10-12-19(27)25(17)13-4-2-1-3-8-20(28)29/h5-7,9,11,14,17-18,26H,1-4,8,10,12-13H2,(H,28,29)/t17-,18?/m0/s1. The summed E-state index contributed by atoms with van der Waals surface area (Å²) in [6.07, 6.45) is 1.55. The van der Waals surface area contributed by atoms with Gasteiger partial charge in [0, 0.05) is 19.4 Å². The van der Waals surface area contributed by atoms with Gasteiger partial charge in [-0.1, -0.05) is 37.1 Å². The summed E-state index contributed by atoms with van der Waals surface area (Å²) in [6.45, 7) is 0.542. The fraction of sp³-hybridized carbons (Fsp3) is 0.524. The van der Waals surface area contributed by atoms with Crippen molar-refractivity contribution in [3.8, 4) is 0 Å². The van der Waals surface area contributed by atoms with Gasteiger partial charge < -0.3 is 15.1 Å². The van der Waals surface area contributed by atoms with E-state index in [4.69, 9.17) is 5.11 Å². The predicted octanol–water partition coefficient (Wildman–Crippen LogP) is 4.32. The highest BCUT2D eigenvalue weighted by molar-refractivity contribution is 5.79. The Morgan fingerprint density at radius 2 is 1.97 bits per heavy atom. The van der Waals surface area contributed by atoms with Crippen molar-refractivity contribution in [2.45, 2.75) is 63.3 Å². The molecule has 1 aliphatic heterocycles. The number of hydrogen-bond acceptors (Lipinski definition) is 3. The molecule has 5 nitrogen and oxygen atoms in total. The number of alkyl halides is 3. The van der Waals surface area contributed by atoms with E-state index in [0.29, 0.717) is 25.8 Å². The van der Waals surface area contributed by atoms with Gasteiger partial charge in [-0.2, -0.15) is 13.2 Å². The van der Waals surface area contributed by atoms with Gasteiger partial charge in [0.05, 0.1) is 17.7 Å².